The van der Waals surface area contributed by atoms with E-state index in [0.717, 1.165) is 5.56 Å². The van der Waals surface area contributed by atoms with Crippen LogP contribution in [0.3, 0.4) is 0 Å². The van der Waals surface area contributed by atoms with Gasteiger partial charge >= 0.3 is 0 Å². The Kier molecular flexibility index (Phi) is 3.04. The number of ketones is 1. The van der Waals surface area contributed by atoms with E-state index in [1.165, 1.54) is 0 Å². The number of hydrogen-bond acceptors (Lipinski definition) is 3. The molecule has 1 fully saturated rings. The number of rotatable bonds is 3. The maximum absolute atomic E-state index is 12.6. The third-order valence-electron chi connectivity index (χ3n) is 4.37. The molecule has 1 aromatic carbocycles. The molecule has 0 N–H and O–H groups in total. The average Bonchev–Trinajstić information content (AvgIpc) is 2.72. The Morgan fingerprint density at radius 3 is 2.85 bits per heavy atom. The van der Waals surface area contributed by atoms with Crippen LogP contribution in [0.1, 0.15) is 12.0 Å². The summed E-state index contributed by atoms with van der Waals surface area (Å²) in [4.78, 5) is 14.8. The van der Waals surface area contributed by atoms with Crippen LogP contribution in [0.25, 0.3) is 0 Å². The summed E-state index contributed by atoms with van der Waals surface area (Å²) in [6.07, 6.45) is 5.87. The van der Waals surface area contributed by atoms with Gasteiger partial charge in [-0.1, -0.05) is 42.5 Å². The van der Waals surface area contributed by atoms with Gasteiger partial charge in [-0.05, 0) is 18.1 Å². The second-order valence-electron chi connectivity index (χ2n) is 5.32. The molecule has 0 spiro atoms. The van der Waals surface area contributed by atoms with Crippen molar-refractivity contribution in [3.8, 4) is 6.07 Å². The zero-order valence-corrected chi connectivity index (χ0v) is 11.2. The van der Waals surface area contributed by atoms with Gasteiger partial charge in [0.1, 0.15) is 5.54 Å². The van der Waals surface area contributed by atoms with Gasteiger partial charge in [0.25, 0.3) is 0 Å². The number of carbonyl (C=O) groups excluding carboxylic acids is 1. The first-order valence-electron chi connectivity index (χ1n) is 6.79. The Hall–Kier alpha value is -2.18. The second-order valence-corrected chi connectivity index (χ2v) is 5.32. The predicted molar refractivity (Wildman–Crippen MR) is 76.7 cm³/mol. The molecule has 2 heterocycles. The van der Waals surface area contributed by atoms with Gasteiger partial charge in [-0.3, -0.25) is 9.69 Å². The molecule has 0 saturated carbocycles. The minimum atomic E-state index is -0.699. The highest BCUT2D eigenvalue weighted by Gasteiger charge is 2.57. The molecule has 3 heteroatoms. The fraction of sp³-hybridized carbons (Fsp3) is 0.294. The molecule has 0 aliphatic carbocycles. The number of benzene rings is 1. The van der Waals surface area contributed by atoms with Crippen molar-refractivity contribution in [3.63, 3.8) is 0 Å². The summed E-state index contributed by atoms with van der Waals surface area (Å²) in [7, 11) is 0. The lowest BCUT2D eigenvalue weighted by atomic mass is 9.81. The lowest BCUT2D eigenvalue weighted by molar-refractivity contribution is -0.126. The summed E-state index contributed by atoms with van der Waals surface area (Å²) < 4.78 is 0. The molecule has 3 atom stereocenters. The van der Waals surface area contributed by atoms with Crippen molar-refractivity contribution in [1.82, 2.24) is 4.90 Å². The van der Waals surface area contributed by atoms with E-state index in [2.05, 4.69) is 17.5 Å². The van der Waals surface area contributed by atoms with Gasteiger partial charge in [0.2, 0.25) is 0 Å². The van der Waals surface area contributed by atoms with Gasteiger partial charge in [-0.25, -0.2) is 0 Å². The Balaban J connectivity index is 2.18. The Morgan fingerprint density at radius 2 is 2.20 bits per heavy atom. The number of nitrogens with zero attached hydrogens (tertiary/aromatic N) is 2. The zero-order chi connectivity index (χ0) is 14.2. The van der Waals surface area contributed by atoms with Gasteiger partial charge < -0.3 is 0 Å². The Labute approximate surface area is 118 Å². The van der Waals surface area contributed by atoms with Crippen molar-refractivity contribution in [3.05, 3.63) is 60.7 Å². The summed E-state index contributed by atoms with van der Waals surface area (Å²) in [5, 5.41) is 9.40. The summed E-state index contributed by atoms with van der Waals surface area (Å²) in [5.74, 6) is -0.0857. The molecule has 1 saturated heterocycles. The second kappa shape index (κ2) is 4.73. The SMILES string of the molecule is C=CCN1[C@H]2C=CC(=O)[C@]1(c1ccccc1)C[C@H]2C#N. The molecule has 2 aliphatic rings. The lowest BCUT2D eigenvalue weighted by Crippen LogP contribution is -2.52. The lowest BCUT2D eigenvalue weighted by Gasteiger charge is -2.40. The molecule has 2 aliphatic heterocycles. The van der Waals surface area contributed by atoms with Crippen LogP contribution in [0.15, 0.2) is 55.1 Å². The predicted octanol–water partition coefficient (Wildman–Crippen LogP) is 2.42. The smallest absolute Gasteiger partial charge is 0.180 e. The highest BCUT2D eigenvalue weighted by molar-refractivity contribution is 6.00. The van der Waals surface area contributed by atoms with E-state index in [-0.39, 0.29) is 17.7 Å². The minimum Gasteiger partial charge on any atom is -0.292 e. The first kappa shape index (κ1) is 12.8. The first-order chi connectivity index (χ1) is 9.74. The zero-order valence-electron chi connectivity index (χ0n) is 11.2. The van der Waals surface area contributed by atoms with E-state index >= 15 is 0 Å². The van der Waals surface area contributed by atoms with Crippen LogP contribution in [-0.2, 0) is 10.3 Å². The van der Waals surface area contributed by atoms with Crippen LogP contribution >= 0.6 is 0 Å². The largest absolute Gasteiger partial charge is 0.292 e. The van der Waals surface area contributed by atoms with Crippen LogP contribution in [0.5, 0.6) is 0 Å². The molecule has 0 radical (unpaired) electrons. The number of hydrogen-bond donors (Lipinski definition) is 0. The maximum Gasteiger partial charge on any atom is 0.180 e. The third kappa shape index (κ3) is 1.59. The standard InChI is InChI=1S/C17H16N2O/c1-2-10-19-15-8-9-16(20)17(19,11-13(15)12-18)14-6-4-3-5-7-14/h2-9,13,15H,1,10-11H2/t13-,15-,17+/m0/s1. The van der Waals surface area contributed by atoms with Crippen LogP contribution < -0.4 is 0 Å². The normalized spacial score (nSPS) is 32.0. The highest BCUT2D eigenvalue weighted by Crippen LogP contribution is 2.48. The molecule has 0 amide bonds. The topological polar surface area (TPSA) is 44.1 Å². The van der Waals surface area contributed by atoms with E-state index < -0.39 is 5.54 Å². The van der Waals surface area contributed by atoms with E-state index in [9.17, 15) is 10.1 Å². The molecule has 3 nitrogen and oxygen atoms in total. The summed E-state index contributed by atoms with van der Waals surface area (Å²) in [5.41, 5.74) is 0.272. The van der Waals surface area contributed by atoms with Gasteiger partial charge in [-0.2, -0.15) is 5.26 Å². The molecular weight excluding hydrogens is 248 g/mol. The third-order valence-corrected chi connectivity index (χ3v) is 4.37. The van der Waals surface area contributed by atoms with Crippen molar-refractivity contribution < 1.29 is 4.79 Å². The van der Waals surface area contributed by atoms with Gasteiger partial charge in [0.15, 0.2) is 5.78 Å². The van der Waals surface area contributed by atoms with Crippen molar-refractivity contribution >= 4 is 5.78 Å². The number of fused-ring (bicyclic) bond motifs is 2. The van der Waals surface area contributed by atoms with Crippen LogP contribution in [-0.4, -0.2) is 23.3 Å². The fourth-order valence-electron chi connectivity index (χ4n) is 3.51. The van der Waals surface area contributed by atoms with Crippen LogP contribution in [0, 0.1) is 17.2 Å². The number of carbonyl (C=O) groups is 1. The van der Waals surface area contributed by atoms with Gasteiger partial charge in [0, 0.05) is 12.6 Å². The minimum absolute atomic E-state index is 0.00379. The van der Waals surface area contributed by atoms with Gasteiger partial charge in [-0.15, -0.1) is 6.58 Å². The number of nitriles is 1. The molecular formula is C17H16N2O. The molecule has 0 unspecified atom stereocenters. The molecule has 3 rings (SSSR count). The summed E-state index contributed by atoms with van der Waals surface area (Å²) >= 11 is 0. The monoisotopic (exact) mass is 264 g/mol. The van der Waals surface area contributed by atoms with E-state index in [0.29, 0.717) is 13.0 Å². The van der Waals surface area contributed by atoms with Crippen LogP contribution in [0.2, 0.25) is 0 Å². The maximum atomic E-state index is 12.6. The molecule has 1 aromatic rings. The summed E-state index contributed by atoms with van der Waals surface area (Å²) in [6, 6.07) is 12.1. The quantitative estimate of drug-likeness (QED) is 0.787. The van der Waals surface area contributed by atoms with Crippen molar-refractivity contribution in [2.45, 2.75) is 18.0 Å². The van der Waals surface area contributed by atoms with E-state index in [1.807, 2.05) is 36.4 Å². The molecule has 0 aromatic heterocycles. The molecule has 2 bridgehead atoms. The van der Waals surface area contributed by atoms with Crippen molar-refractivity contribution in [2.75, 3.05) is 6.54 Å². The average molecular weight is 264 g/mol. The first-order valence-corrected chi connectivity index (χ1v) is 6.79. The van der Waals surface area contributed by atoms with Crippen molar-refractivity contribution in [2.24, 2.45) is 5.92 Å². The Bertz CT molecular complexity index is 614. The van der Waals surface area contributed by atoms with E-state index in [4.69, 9.17) is 0 Å². The molecule has 20 heavy (non-hydrogen) atoms. The highest BCUT2D eigenvalue weighted by atomic mass is 16.1. The van der Waals surface area contributed by atoms with Gasteiger partial charge in [0.05, 0.1) is 12.0 Å². The van der Waals surface area contributed by atoms with Crippen LogP contribution in [0.4, 0.5) is 0 Å². The van der Waals surface area contributed by atoms with Crippen molar-refractivity contribution in [1.29, 1.82) is 5.26 Å². The Morgan fingerprint density at radius 1 is 1.45 bits per heavy atom. The van der Waals surface area contributed by atoms with E-state index in [1.54, 1.807) is 12.2 Å². The summed E-state index contributed by atoms with van der Waals surface area (Å²) in [6.45, 7) is 4.40. The molecule has 100 valence electrons. The fourth-order valence-corrected chi connectivity index (χ4v) is 3.51.